The summed E-state index contributed by atoms with van der Waals surface area (Å²) < 4.78 is 1.15. The van der Waals surface area contributed by atoms with Crippen molar-refractivity contribution in [3.63, 3.8) is 0 Å². The van der Waals surface area contributed by atoms with Crippen molar-refractivity contribution in [3.05, 3.63) is 34.3 Å². The Morgan fingerprint density at radius 3 is 2.60 bits per heavy atom. The molecule has 0 radical (unpaired) electrons. The van der Waals surface area contributed by atoms with Crippen molar-refractivity contribution >= 4 is 45.9 Å². The first-order chi connectivity index (χ1) is 9.06. The van der Waals surface area contributed by atoms with E-state index in [0.717, 1.165) is 29.8 Å². The predicted molar refractivity (Wildman–Crippen MR) is 102 cm³/mol. The number of halogens is 2. The van der Waals surface area contributed by atoms with E-state index < -0.39 is 0 Å². The Morgan fingerprint density at radius 1 is 1.40 bits per heavy atom. The Kier molecular flexibility index (Phi) is 10.3. The van der Waals surface area contributed by atoms with E-state index in [-0.39, 0.29) is 24.0 Å². The smallest absolute Gasteiger partial charge is 0.193 e. The summed E-state index contributed by atoms with van der Waals surface area (Å²) in [5.41, 5.74) is 1.38. The van der Waals surface area contributed by atoms with Crippen LogP contribution < -0.4 is 5.32 Å². The Balaban J connectivity index is 0.00000361. The molecule has 20 heavy (non-hydrogen) atoms. The molecule has 0 bridgehead atoms. The molecule has 1 atom stereocenters. The zero-order valence-electron chi connectivity index (χ0n) is 12.7. The SMILES string of the molecule is CCC(CNC(=NC)N(C)C)Cc1cccc(Br)c1.I. The average molecular weight is 454 g/mol. The van der Waals surface area contributed by atoms with Gasteiger partial charge in [-0.25, -0.2) is 0 Å². The van der Waals surface area contributed by atoms with Gasteiger partial charge in [0.05, 0.1) is 0 Å². The highest BCUT2D eigenvalue weighted by atomic mass is 127. The van der Waals surface area contributed by atoms with Gasteiger partial charge in [-0.3, -0.25) is 4.99 Å². The third-order valence-electron chi connectivity index (χ3n) is 3.18. The topological polar surface area (TPSA) is 27.6 Å². The van der Waals surface area contributed by atoms with E-state index in [1.165, 1.54) is 5.56 Å². The molecule has 1 N–H and O–H groups in total. The van der Waals surface area contributed by atoms with Crippen LogP contribution in [-0.2, 0) is 6.42 Å². The van der Waals surface area contributed by atoms with Crippen molar-refractivity contribution in [2.24, 2.45) is 10.9 Å². The van der Waals surface area contributed by atoms with Gasteiger partial charge in [-0.1, -0.05) is 41.4 Å². The molecule has 1 aromatic rings. The molecule has 1 rings (SSSR count). The van der Waals surface area contributed by atoms with E-state index in [9.17, 15) is 0 Å². The minimum absolute atomic E-state index is 0. The number of benzene rings is 1. The molecule has 0 heterocycles. The van der Waals surface area contributed by atoms with E-state index in [1.807, 2.05) is 26.0 Å². The zero-order valence-corrected chi connectivity index (χ0v) is 16.6. The second-order valence-corrected chi connectivity index (χ2v) is 5.85. The first-order valence-electron chi connectivity index (χ1n) is 6.69. The maximum atomic E-state index is 4.24. The predicted octanol–water partition coefficient (Wildman–Crippen LogP) is 3.77. The van der Waals surface area contributed by atoms with Crippen molar-refractivity contribution in [1.82, 2.24) is 10.2 Å². The van der Waals surface area contributed by atoms with Crippen molar-refractivity contribution in [2.75, 3.05) is 27.7 Å². The van der Waals surface area contributed by atoms with Gasteiger partial charge in [0, 0.05) is 32.2 Å². The summed E-state index contributed by atoms with van der Waals surface area (Å²) in [6, 6.07) is 8.55. The van der Waals surface area contributed by atoms with Crippen LogP contribution in [0.3, 0.4) is 0 Å². The van der Waals surface area contributed by atoms with Gasteiger partial charge in [0.2, 0.25) is 0 Å². The highest BCUT2D eigenvalue weighted by Gasteiger charge is 2.09. The molecular weight excluding hydrogens is 429 g/mol. The van der Waals surface area contributed by atoms with Gasteiger partial charge in [-0.15, -0.1) is 24.0 Å². The Bertz CT molecular complexity index is 421. The largest absolute Gasteiger partial charge is 0.356 e. The maximum Gasteiger partial charge on any atom is 0.193 e. The summed E-state index contributed by atoms with van der Waals surface area (Å²) in [4.78, 5) is 6.24. The fraction of sp³-hybridized carbons (Fsp3) is 0.533. The first kappa shape index (κ1) is 19.7. The second-order valence-electron chi connectivity index (χ2n) is 4.93. The Labute approximate surface area is 148 Å². The lowest BCUT2D eigenvalue weighted by Gasteiger charge is -2.21. The molecule has 0 aliphatic carbocycles. The van der Waals surface area contributed by atoms with E-state index in [4.69, 9.17) is 0 Å². The minimum atomic E-state index is 0. The number of guanidine groups is 1. The lowest BCUT2D eigenvalue weighted by atomic mass is 9.97. The zero-order chi connectivity index (χ0) is 14.3. The molecule has 5 heteroatoms. The molecule has 0 aliphatic heterocycles. The third-order valence-corrected chi connectivity index (χ3v) is 3.67. The molecule has 0 saturated carbocycles. The summed E-state index contributed by atoms with van der Waals surface area (Å²) in [6.45, 7) is 3.19. The van der Waals surface area contributed by atoms with E-state index in [1.54, 1.807) is 0 Å². The highest BCUT2D eigenvalue weighted by molar-refractivity contribution is 14.0. The number of hydrogen-bond acceptors (Lipinski definition) is 1. The lowest BCUT2D eigenvalue weighted by Crippen LogP contribution is -2.39. The lowest BCUT2D eigenvalue weighted by molar-refractivity contribution is 0.478. The van der Waals surface area contributed by atoms with Crippen LogP contribution >= 0.6 is 39.9 Å². The van der Waals surface area contributed by atoms with Crippen molar-refractivity contribution < 1.29 is 0 Å². The number of rotatable bonds is 5. The molecule has 0 aliphatic rings. The monoisotopic (exact) mass is 453 g/mol. The van der Waals surface area contributed by atoms with Gasteiger partial charge >= 0.3 is 0 Å². The van der Waals surface area contributed by atoms with E-state index >= 15 is 0 Å². The highest BCUT2D eigenvalue weighted by Crippen LogP contribution is 2.16. The maximum absolute atomic E-state index is 4.24. The summed E-state index contributed by atoms with van der Waals surface area (Å²) in [6.07, 6.45) is 2.25. The van der Waals surface area contributed by atoms with Crippen LogP contribution in [0.25, 0.3) is 0 Å². The fourth-order valence-electron chi connectivity index (χ4n) is 2.03. The average Bonchev–Trinajstić information content (AvgIpc) is 2.37. The summed E-state index contributed by atoms with van der Waals surface area (Å²) >= 11 is 3.53. The molecule has 0 saturated heterocycles. The Hall–Kier alpha value is -0.300. The normalized spacial score (nSPS) is 12.6. The molecule has 0 aromatic heterocycles. The number of aliphatic imine (C=N–C) groups is 1. The van der Waals surface area contributed by atoms with Crippen molar-refractivity contribution in [1.29, 1.82) is 0 Å². The van der Waals surface area contributed by atoms with Crippen LogP contribution in [0.15, 0.2) is 33.7 Å². The standard InChI is InChI=1S/C15H24BrN3.HI/c1-5-12(11-18-15(17-2)19(3)4)9-13-7-6-8-14(16)10-13;/h6-8,10,12H,5,9,11H2,1-4H3,(H,17,18);1H. The van der Waals surface area contributed by atoms with E-state index in [0.29, 0.717) is 5.92 Å². The summed E-state index contributed by atoms with van der Waals surface area (Å²) in [5.74, 6) is 1.55. The van der Waals surface area contributed by atoms with Crippen LogP contribution in [0, 0.1) is 5.92 Å². The quantitative estimate of drug-likeness (QED) is 0.417. The molecule has 114 valence electrons. The second kappa shape index (κ2) is 10.4. The van der Waals surface area contributed by atoms with E-state index in [2.05, 4.69) is 57.4 Å². The molecule has 0 amide bonds. The third kappa shape index (κ3) is 6.92. The van der Waals surface area contributed by atoms with Gasteiger partial charge < -0.3 is 10.2 Å². The Morgan fingerprint density at radius 2 is 2.10 bits per heavy atom. The van der Waals surface area contributed by atoms with Crippen LogP contribution in [0.5, 0.6) is 0 Å². The van der Waals surface area contributed by atoms with Gasteiger partial charge in [0.25, 0.3) is 0 Å². The van der Waals surface area contributed by atoms with Gasteiger partial charge in [-0.05, 0) is 30.0 Å². The molecule has 3 nitrogen and oxygen atoms in total. The van der Waals surface area contributed by atoms with Crippen LogP contribution in [0.1, 0.15) is 18.9 Å². The number of nitrogens with zero attached hydrogens (tertiary/aromatic N) is 2. The molecular formula is C15H25BrIN3. The van der Waals surface area contributed by atoms with Gasteiger partial charge in [0.15, 0.2) is 5.96 Å². The van der Waals surface area contributed by atoms with Crippen molar-refractivity contribution in [3.8, 4) is 0 Å². The minimum Gasteiger partial charge on any atom is -0.356 e. The molecule has 0 spiro atoms. The summed E-state index contributed by atoms with van der Waals surface area (Å²) in [7, 11) is 5.83. The van der Waals surface area contributed by atoms with Crippen molar-refractivity contribution in [2.45, 2.75) is 19.8 Å². The molecule has 1 unspecified atom stereocenters. The summed E-state index contributed by atoms with van der Waals surface area (Å²) in [5, 5.41) is 3.42. The van der Waals surface area contributed by atoms with Crippen LogP contribution in [-0.4, -0.2) is 38.5 Å². The molecule has 0 fully saturated rings. The van der Waals surface area contributed by atoms with Crippen LogP contribution in [0.4, 0.5) is 0 Å². The van der Waals surface area contributed by atoms with Gasteiger partial charge in [0.1, 0.15) is 0 Å². The van der Waals surface area contributed by atoms with Gasteiger partial charge in [-0.2, -0.15) is 0 Å². The first-order valence-corrected chi connectivity index (χ1v) is 7.48. The molecule has 1 aromatic carbocycles. The number of nitrogens with one attached hydrogen (secondary N) is 1. The number of hydrogen-bond donors (Lipinski definition) is 1. The van der Waals surface area contributed by atoms with Crippen LogP contribution in [0.2, 0.25) is 0 Å². The fourth-order valence-corrected chi connectivity index (χ4v) is 2.48.